The zero-order valence-electron chi connectivity index (χ0n) is 21.5. The zero-order valence-corrected chi connectivity index (χ0v) is 21.5. The Morgan fingerprint density at radius 2 is 1.91 bits per heavy atom. The molecule has 5 fully saturated rings. The normalized spacial score (nSPS) is 43.8. The van der Waals surface area contributed by atoms with Crippen LogP contribution in [0.2, 0.25) is 0 Å². The van der Waals surface area contributed by atoms with Gasteiger partial charge in [-0.05, 0) is 81.4 Å². The highest BCUT2D eigenvalue weighted by Gasteiger charge is 2.81. The third-order valence-electron chi connectivity index (χ3n) is 11.7. The van der Waals surface area contributed by atoms with Crippen LogP contribution in [0.3, 0.4) is 0 Å². The maximum Gasteiger partial charge on any atom is 0.165 e. The number of piperidine rings is 1. The number of hydrogen-bond donors (Lipinski definition) is 2. The van der Waals surface area contributed by atoms with Crippen molar-refractivity contribution in [2.75, 3.05) is 20.2 Å². The Hall–Kier alpha value is -1.30. The molecule has 2 heterocycles. The van der Waals surface area contributed by atoms with Crippen LogP contribution in [0, 0.1) is 22.7 Å². The van der Waals surface area contributed by atoms with Gasteiger partial charge in [0, 0.05) is 34.9 Å². The molecule has 186 valence electrons. The molecule has 7 aliphatic rings. The molecule has 4 bridgehead atoms. The molecule has 2 aliphatic heterocycles. The monoisotopic (exact) mass is 467 g/mol. The first-order chi connectivity index (χ1) is 16.0. The van der Waals surface area contributed by atoms with Gasteiger partial charge in [0.25, 0.3) is 0 Å². The molecule has 0 radical (unpaired) electrons. The van der Waals surface area contributed by atoms with Gasteiger partial charge < -0.3 is 19.7 Å². The Labute approximate surface area is 203 Å². The second kappa shape index (κ2) is 6.33. The van der Waals surface area contributed by atoms with Gasteiger partial charge in [-0.25, -0.2) is 0 Å². The van der Waals surface area contributed by atoms with Crippen LogP contribution in [0.5, 0.6) is 11.5 Å². The Morgan fingerprint density at radius 3 is 2.59 bits per heavy atom. The lowest BCUT2D eigenvalue weighted by Gasteiger charge is -2.75. The number of hydrogen-bond acceptors (Lipinski definition) is 5. The SMILES string of the molecule is COc1ccc2c3c1O[C@@H]1[C@]4(O)CC[C@@]5(C[C@@H]4[C@](C)(O)C(C)(C)C)[C@@H](C2)N(CC2CC2)CC[C@]315. The van der Waals surface area contributed by atoms with Gasteiger partial charge in [0.05, 0.1) is 12.7 Å². The van der Waals surface area contributed by atoms with Crippen molar-refractivity contribution in [3.05, 3.63) is 23.3 Å². The minimum absolute atomic E-state index is 0.0137. The van der Waals surface area contributed by atoms with E-state index in [2.05, 4.69) is 37.8 Å². The lowest BCUT2D eigenvalue weighted by Crippen LogP contribution is -2.82. The summed E-state index contributed by atoms with van der Waals surface area (Å²) in [6, 6.07) is 4.78. The van der Waals surface area contributed by atoms with Crippen LogP contribution in [0.25, 0.3) is 0 Å². The summed E-state index contributed by atoms with van der Waals surface area (Å²) in [5.74, 6) is 2.29. The molecule has 7 atom stereocenters. The first kappa shape index (κ1) is 21.9. The highest BCUT2D eigenvalue weighted by atomic mass is 16.5. The smallest absolute Gasteiger partial charge is 0.165 e. The maximum absolute atomic E-state index is 12.6. The van der Waals surface area contributed by atoms with Gasteiger partial charge in [0.1, 0.15) is 11.7 Å². The van der Waals surface area contributed by atoms with Gasteiger partial charge in [0.2, 0.25) is 0 Å². The molecule has 34 heavy (non-hydrogen) atoms. The number of likely N-dealkylation sites (tertiary alicyclic amines) is 1. The van der Waals surface area contributed by atoms with Crippen LogP contribution in [0.15, 0.2) is 12.1 Å². The van der Waals surface area contributed by atoms with Crippen molar-refractivity contribution >= 4 is 0 Å². The van der Waals surface area contributed by atoms with E-state index < -0.39 is 11.2 Å². The Balaban J connectivity index is 1.46. The molecule has 0 amide bonds. The number of rotatable bonds is 4. The van der Waals surface area contributed by atoms with Crippen molar-refractivity contribution in [1.29, 1.82) is 0 Å². The summed E-state index contributed by atoms with van der Waals surface area (Å²) in [6.45, 7) is 10.6. The summed E-state index contributed by atoms with van der Waals surface area (Å²) in [7, 11) is 1.72. The summed E-state index contributed by atoms with van der Waals surface area (Å²) in [6.07, 6.45) is 7.07. The van der Waals surface area contributed by atoms with Gasteiger partial charge in [0.15, 0.2) is 11.5 Å². The molecule has 5 aliphatic carbocycles. The van der Waals surface area contributed by atoms with E-state index >= 15 is 0 Å². The van der Waals surface area contributed by atoms with Gasteiger partial charge in [-0.15, -0.1) is 0 Å². The lowest BCUT2D eigenvalue weighted by molar-refractivity contribution is -0.305. The molecule has 4 saturated carbocycles. The average molecular weight is 468 g/mol. The van der Waals surface area contributed by atoms with Crippen molar-refractivity contribution in [3.8, 4) is 11.5 Å². The topological polar surface area (TPSA) is 62.2 Å². The highest BCUT2D eigenvalue weighted by Crippen LogP contribution is 2.77. The second-order valence-corrected chi connectivity index (χ2v) is 13.8. The molecule has 2 N–H and O–H groups in total. The van der Waals surface area contributed by atoms with Crippen molar-refractivity contribution in [3.63, 3.8) is 0 Å². The van der Waals surface area contributed by atoms with Crippen molar-refractivity contribution in [2.45, 2.75) is 101 Å². The second-order valence-electron chi connectivity index (χ2n) is 13.8. The lowest BCUT2D eigenvalue weighted by atomic mass is 9.33. The van der Waals surface area contributed by atoms with Gasteiger partial charge in [-0.2, -0.15) is 0 Å². The van der Waals surface area contributed by atoms with E-state index in [4.69, 9.17) is 9.47 Å². The largest absolute Gasteiger partial charge is 0.493 e. The van der Waals surface area contributed by atoms with E-state index in [0.29, 0.717) is 12.5 Å². The third kappa shape index (κ3) is 2.29. The van der Waals surface area contributed by atoms with E-state index in [-0.39, 0.29) is 28.3 Å². The molecule has 1 aromatic rings. The van der Waals surface area contributed by atoms with Crippen LogP contribution in [0.1, 0.15) is 77.3 Å². The average Bonchev–Trinajstić information content (AvgIpc) is 3.52. The molecular formula is C29H41NO4. The predicted octanol–water partition coefficient (Wildman–Crippen LogP) is 4.06. The summed E-state index contributed by atoms with van der Waals surface area (Å²) in [5.41, 5.74) is 0.151. The van der Waals surface area contributed by atoms with E-state index in [1.54, 1.807) is 7.11 Å². The number of benzene rings is 1. The summed E-state index contributed by atoms with van der Waals surface area (Å²) < 4.78 is 12.7. The van der Waals surface area contributed by atoms with Crippen molar-refractivity contribution < 1.29 is 19.7 Å². The van der Waals surface area contributed by atoms with Gasteiger partial charge >= 0.3 is 0 Å². The fourth-order valence-electron chi connectivity index (χ4n) is 9.41. The number of fused-ring (bicyclic) bond motifs is 2. The number of ether oxygens (including phenoxy) is 2. The summed E-state index contributed by atoms with van der Waals surface area (Å²) in [5, 5.41) is 24.7. The van der Waals surface area contributed by atoms with E-state index in [9.17, 15) is 10.2 Å². The quantitative estimate of drug-likeness (QED) is 0.699. The minimum atomic E-state index is -1.06. The first-order valence-electron chi connectivity index (χ1n) is 13.6. The standard InChI is InChI=1S/C29H41NO4/c1-25(2,3)26(4,31)20-15-27-10-11-29(20,32)24-28(27)12-13-30(16-17-6-7-17)21(27)14-18-8-9-19(33-5)23(34-24)22(18)28/h8-9,17,20-21,24,31-32H,6-7,10-16H2,1-5H3/t20-,21-,24+,26+,27-,28+,29+/m1/s1. The molecule has 8 rings (SSSR count). The number of nitrogens with zero attached hydrogens (tertiary/aromatic N) is 1. The number of aliphatic hydroxyl groups is 2. The van der Waals surface area contributed by atoms with Crippen LogP contribution >= 0.6 is 0 Å². The Morgan fingerprint density at radius 1 is 1.15 bits per heavy atom. The Bertz CT molecular complexity index is 1060. The summed E-state index contributed by atoms with van der Waals surface area (Å²) >= 11 is 0. The third-order valence-corrected chi connectivity index (χ3v) is 11.7. The molecular weight excluding hydrogens is 426 g/mol. The molecule has 1 aromatic carbocycles. The molecule has 0 aromatic heterocycles. The molecule has 2 spiro atoms. The van der Waals surface area contributed by atoms with Gasteiger partial charge in [-0.3, -0.25) is 4.90 Å². The van der Waals surface area contributed by atoms with Crippen molar-refractivity contribution in [1.82, 2.24) is 4.90 Å². The van der Waals surface area contributed by atoms with Crippen LogP contribution in [0.4, 0.5) is 0 Å². The highest BCUT2D eigenvalue weighted by molar-refractivity contribution is 5.63. The van der Waals surface area contributed by atoms with Crippen molar-refractivity contribution in [2.24, 2.45) is 22.7 Å². The molecule has 1 saturated heterocycles. The molecule has 5 nitrogen and oxygen atoms in total. The minimum Gasteiger partial charge on any atom is -0.493 e. The Kier molecular flexibility index (Phi) is 4.08. The first-order valence-corrected chi connectivity index (χ1v) is 13.6. The summed E-state index contributed by atoms with van der Waals surface area (Å²) in [4.78, 5) is 2.81. The van der Waals surface area contributed by atoms with Crippen LogP contribution < -0.4 is 9.47 Å². The fourth-order valence-corrected chi connectivity index (χ4v) is 9.41. The fraction of sp³-hybridized carbons (Fsp3) is 0.793. The van der Waals surface area contributed by atoms with Gasteiger partial charge in [-0.1, -0.05) is 26.8 Å². The molecule has 5 heteroatoms. The van der Waals surface area contributed by atoms with E-state index in [0.717, 1.165) is 49.6 Å². The maximum atomic E-state index is 12.6. The van der Waals surface area contributed by atoms with Crippen LogP contribution in [-0.4, -0.2) is 58.7 Å². The predicted molar refractivity (Wildman–Crippen MR) is 130 cm³/mol. The van der Waals surface area contributed by atoms with Crippen LogP contribution in [-0.2, 0) is 11.8 Å². The number of methoxy groups -OCH3 is 1. The zero-order chi connectivity index (χ0) is 23.9. The van der Waals surface area contributed by atoms with E-state index in [1.807, 2.05) is 6.92 Å². The molecule has 0 unspecified atom stereocenters. The van der Waals surface area contributed by atoms with E-state index in [1.165, 1.54) is 30.5 Å².